The molecule has 1 aromatic heterocycles. The third-order valence-corrected chi connectivity index (χ3v) is 12.4. The summed E-state index contributed by atoms with van der Waals surface area (Å²) in [5, 5.41) is 12.5. The summed E-state index contributed by atoms with van der Waals surface area (Å²) in [5.41, 5.74) is -4.70. The predicted molar refractivity (Wildman–Crippen MR) is 178 cm³/mol. The van der Waals surface area contributed by atoms with Crippen LogP contribution >= 0.6 is 11.6 Å². The van der Waals surface area contributed by atoms with Crippen LogP contribution in [-0.2, 0) is 24.4 Å². The fraction of sp³-hybridized carbons (Fsp3) is 0.667. The minimum Gasteiger partial charge on any atom is -0.472 e. The molecule has 0 bridgehead atoms. The first kappa shape index (κ1) is 38.6. The first-order valence-electron chi connectivity index (χ1n) is 16.9. The van der Waals surface area contributed by atoms with Gasteiger partial charge in [0.2, 0.25) is 27.7 Å². The van der Waals surface area contributed by atoms with E-state index in [0.717, 1.165) is 4.90 Å². The Balaban J connectivity index is 1.57. The topological polar surface area (TPSA) is 175 Å². The van der Waals surface area contributed by atoms with E-state index in [-0.39, 0.29) is 47.5 Å². The average molecular weight is 762 g/mol. The van der Waals surface area contributed by atoms with Crippen LogP contribution in [0.2, 0.25) is 5.02 Å². The minimum atomic E-state index is -5.08. The SMILES string of the molecule is C[C@@H]1CC/C=C\[C@@H]2C[C@@]2(C(=O)NS(=O)(=O)C2CC2)NC(=O)[C@@H]2C[C@@H](Oc3cc(Cl)ccn3)CN2C(=O)[C@@H](N(C(=O)O)C(C)(C)C(F)(F)F)[C@H](C)C1. The van der Waals surface area contributed by atoms with Crippen molar-refractivity contribution < 1.29 is 50.6 Å². The molecule has 13 nitrogen and oxygen atoms in total. The summed E-state index contributed by atoms with van der Waals surface area (Å²) in [6.45, 7) is 4.37. The molecule has 0 unspecified atom stereocenters. The van der Waals surface area contributed by atoms with Crippen molar-refractivity contribution in [2.75, 3.05) is 6.54 Å². The van der Waals surface area contributed by atoms with E-state index in [9.17, 15) is 45.9 Å². The number of ether oxygens (including phenoxy) is 1. The molecule has 3 fully saturated rings. The molecular weight excluding hydrogens is 719 g/mol. The zero-order valence-corrected chi connectivity index (χ0v) is 30.2. The van der Waals surface area contributed by atoms with Gasteiger partial charge in [-0.2, -0.15) is 13.2 Å². The smallest absolute Gasteiger partial charge is 0.411 e. The maximum Gasteiger partial charge on any atom is 0.411 e. The van der Waals surface area contributed by atoms with Crippen LogP contribution in [0.3, 0.4) is 0 Å². The normalized spacial score (nSPS) is 31.3. The van der Waals surface area contributed by atoms with Gasteiger partial charge in [-0.05, 0) is 70.3 Å². The van der Waals surface area contributed by atoms with Crippen molar-refractivity contribution in [3.8, 4) is 5.88 Å². The van der Waals surface area contributed by atoms with Crippen LogP contribution in [-0.4, -0.2) is 99.4 Å². The van der Waals surface area contributed by atoms with Gasteiger partial charge in [-0.25, -0.2) is 18.2 Å². The summed E-state index contributed by atoms with van der Waals surface area (Å²) in [4.78, 5) is 60.5. The second-order valence-electron chi connectivity index (χ2n) is 14.7. The number of amides is 4. The van der Waals surface area contributed by atoms with Gasteiger partial charge in [-0.3, -0.25) is 24.0 Å². The summed E-state index contributed by atoms with van der Waals surface area (Å²) in [5.74, 6) is -4.50. The molecule has 2 aliphatic heterocycles. The van der Waals surface area contributed by atoms with Crippen LogP contribution in [0, 0.1) is 17.8 Å². The van der Waals surface area contributed by atoms with Gasteiger partial charge in [0.15, 0.2) is 0 Å². The van der Waals surface area contributed by atoms with Crippen molar-refractivity contribution in [3.63, 3.8) is 0 Å². The molecule has 4 aliphatic rings. The molecule has 51 heavy (non-hydrogen) atoms. The highest BCUT2D eigenvalue weighted by molar-refractivity contribution is 7.91. The van der Waals surface area contributed by atoms with E-state index in [1.54, 1.807) is 12.2 Å². The minimum absolute atomic E-state index is 0.0423. The fourth-order valence-corrected chi connectivity index (χ4v) is 8.62. The van der Waals surface area contributed by atoms with E-state index in [1.807, 2.05) is 6.92 Å². The highest BCUT2D eigenvalue weighted by Crippen LogP contribution is 2.46. The molecule has 0 aromatic carbocycles. The lowest BCUT2D eigenvalue weighted by Crippen LogP contribution is -2.66. The molecule has 0 radical (unpaired) electrons. The number of fused-ring (bicyclic) bond motifs is 2. The Morgan fingerprint density at radius 3 is 2.47 bits per heavy atom. The standard InChI is InChI=1S/C33H43ClF3N5O8S/c1-18-7-5-6-8-20-16-32(20,29(45)40-51(48,49)23-9-10-23)39-27(43)24-15-22(50-25-14-21(34)11-12-38-25)17-41(24)28(44)26(19(2)13-18)42(30(46)47)31(3,4)33(35,36)37/h6,8,11-12,14,18-20,22-24,26H,5,7,9-10,13,15-17H2,1-4H3,(H,39,43)(H,40,45)(H,46,47)/b8-6-/t18-,19-,20-,22-,24+,26+,32-/m1/s1. The highest BCUT2D eigenvalue weighted by atomic mass is 35.5. The molecule has 0 spiro atoms. The number of rotatable bonds is 7. The van der Waals surface area contributed by atoms with E-state index in [4.69, 9.17) is 16.3 Å². The van der Waals surface area contributed by atoms with Crippen molar-refractivity contribution in [2.24, 2.45) is 17.8 Å². The summed E-state index contributed by atoms with van der Waals surface area (Å²) in [6.07, 6.45) is -1.31. The van der Waals surface area contributed by atoms with Crippen LogP contribution in [0.25, 0.3) is 0 Å². The maximum atomic E-state index is 14.7. The number of halogens is 4. The highest BCUT2D eigenvalue weighted by Gasteiger charge is 2.63. The van der Waals surface area contributed by atoms with Crippen molar-refractivity contribution >= 4 is 45.4 Å². The number of sulfonamides is 1. The van der Waals surface area contributed by atoms with Crippen molar-refractivity contribution in [2.45, 2.75) is 113 Å². The lowest BCUT2D eigenvalue weighted by molar-refractivity contribution is -0.222. The summed E-state index contributed by atoms with van der Waals surface area (Å²) in [7, 11) is -4.00. The van der Waals surface area contributed by atoms with Crippen molar-refractivity contribution in [1.29, 1.82) is 0 Å². The van der Waals surface area contributed by atoms with Gasteiger partial charge >= 0.3 is 12.3 Å². The van der Waals surface area contributed by atoms with Gasteiger partial charge in [0, 0.05) is 29.6 Å². The Bertz CT molecular complexity index is 1690. The number of hydrogen-bond acceptors (Lipinski definition) is 8. The Kier molecular flexibility index (Phi) is 10.7. The average Bonchev–Trinajstić information content (AvgIpc) is 3.93. The number of carbonyl (C=O) groups excluding carboxylic acids is 3. The van der Waals surface area contributed by atoms with Gasteiger partial charge in [-0.1, -0.05) is 37.6 Å². The van der Waals surface area contributed by atoms with Gasteiger partial charge in [-0.15, -0.1) is 0 Å². The zero-order valence-electron chi connectivity index (χ0n) is 28.7. The molecule has 1 aromatic rings. The summed E-state index contributed by atoms with van der Waals surface area (Å²) in [6, 6.07) is -0.437. The number of nitrogens with one attached hydrogen (secondary N) is 2. The monoisotopic (exact) mass is 761 g/mol. The van der Waals surface area contributed by atoms with Gasteiger partial charge < -0.3 is 20.1 Å². The lowest BCUT2D eigenvalue weighted by Gasteiger charge is -2.45. The number of pyridine rings is 1. The molecule has 3 N–H and O–H groups in total. The first-order valence-corrected chi connectivity index (χ1v) is 18.8. The quantitative estimate of drug-likeness (QED) is 0.343. The molecule has 18 heteroatoms. The number of nitrogens with zero attached hydrogens (tertiary/aromatic N) is 3. The van der Waals surface area contributed by atoms with Crippen LogP contribution in [0.1, 0.15) is 72.6 Å². The van der Waals surface area contributed by atoms with E-state index >= 15 is 0 Å². The van der Waals surface area contributed by atoms with E-state index < -0.39 is 86.4 Å². The Morgan fingerprint density at radius 2 is 1.86 bits per heavy atom. The van der Waals surface area contributed by atoms with Crippen LogP contribution in [0.4, 0.5) is 18.0 Å². The third-order valence-electron chi connectivity index (χ3n) is 10.3. The van der Waals surface area contributed by atoms with Gasteiger partial charge in [0.25, 0.3) is 5.91 Å². The van der Waals surface area contributed by atoms with E-state index in [1.165, 1.54) is 25.3 Å². The van der Waals surface area contributed by atoms with Crippen molar-refractivity contribution in [1.82, 2.24) is 24.8 Å². The maximum absolute atomic E-state index is 14.7. The second kappa shape index (κ2) is 14.1. The molecule has 7 atom stereocenters. The van der Waals surface area contributed by atoms with Crippen molar-refractivity contribution in [3.05, 3.63) is 35.5 Å². The number of alkyl halides is 3. The number of carboxylic acid groups (broad SMARTS) is 1. The van der Waals surface area contributed by atoms with Gasteiger partial charge in [0.1, 0.15) is 29.3 Å². The summed E-state index contributed by atoms with van der Waals surface area (Å²) >= 11 is 6.08. The van der Waals surface area contributed by atoms with E-state index in [2.05, 4.69) is 15.0 Å². The number of carbonyl (C=O) groups is 4. The van der Waals surface area contributed by atoms with Gasteiger partial charge in [0.05, 0.1) is 11.8 Å². The Labute approximate surface area is 299 Å². The summed E-state index contributed by atoms with van der Waals surface area (Å²) < 4.78 is 77.1. The third kappa shape index (κ3) is 8.08. The molecule has 3 heterocycles. The van der Waals surface area contributed by atoms with Crippen LogP contribution in [0.15, 0.2) is 30.5 Å². The van der Waals surface area contributed by atoms with E-state index in [0.29, 0.717) is 39.5 Å². The molecule has 2 aliphatic carbocycles. The first-order chi connectivity index (χ1) is 23.7. The Morgan fingerprint density at radius 1 is 1.18 bits per heavy atom. The molecule has 2 saturated carbocycles. The lowest BCUT2D eigenvalue weighted by atomic mass is 9.85. The van der Waals surface area contributed by atoms with Crippen LogP contribution < -0.4 is 14.8 Å². The molecular formula is C33H43ClF3N5O8S. The molecule has 282 valence electrons. The number of hydrogen-bond donors (Lipinski definition) is 3. The predicted octanol–water partition coefficient (Wildman–Crippen LogP) is 4.27. The van der Waals surface area contributed by atoms with Crippen LogP contribution in [0.5, 0.6) is 5.88 Å². The molecule has 4 amide bonds. The zero-order chi connectivity index (χ0) is 37.7. The fourth-order valence-electron chi connectivity index (χ4n) is 7.11. The number of aromatic nitrogens is 1. The molecule has 5 rings (SSSR count). The second-order valence-corrected chi connectivity index (χ2v) is 17.1. The largest absolute Gasteiger partial charge is 0.472 e. The number of allylic oxidation sites excluding steroid dienone is 1. The Hall–Kier alpha value is -3.60. The molecule has 1 saturated heterocycles.